The van der Waals surface area contributed by atoms with Crippen molar-refractivity contribution in [3.63, 3.8) is 0 Å². The molecule has 0 aliphatic heterocycles. The first-order valence-corrected chi connectivity index (χ1v) is 6.14. The van der Waals surface area contributed by atoms with Gasteiger partial charge in [0.2, 0.25) is 0 Å². The number of aliphatic hydroxyl groups is 1. The van der Waals surface area contributed by atoms with Crippen LogP contribution in [0.4, 0.5) is 0 Å². The van der Waals surface area contributed by atoms with E-state index in [-0.39, 0.29) is 5.54 Å². The van der Waals surface area contributed by atoms with Gasteiger partial charge in [0.15, 0.2) is 0 Å². The molecule has 1 unspecified atom stereocenters. The van der Waals surface area contributed by atoms with Crippen LogP contribution < -0.4 is 5.32 Å². The number of benzene rings is 1. The van der Waals surface area contributed by atoms with Gasteiger partial charge in [0.05, 0.1) is 6.10 Å². The number of hydrogen-bond donors (Lipinski definition) is 2. The molecule has 0 bridgehead atoms. The molecule has 0 amide bonds. The fraction of sp³-hybridized carbons (Fsp3) is 0.500. The van der Waals surface area contributed by atoms with Crippen LogP contribution in [0.15, 0.2) is 18.2 Å². The molecular formula is C12H15Cl2NO. The number of nitrogens with one attached hydrogen (secondary N) is 1. The Morgan fingerprint density at radius 2 is 2.12 bits per heavy atom. The van der Waals surface area contributed by atoms with Crippen molar-refractivity contribution in [2.75, 3.05) is 6.54 Å². The lowest BCUT2D eigenvalue weighted by molar-refractivity contribution is 0.169. The Balaban J connectivity index is 2.01. The maximum atomic E-state index is 10.0. The van der Waals surface area contributed by atoms with Crippen molar-refractivity contribution in [3.8, 4) is 0 Å². The van der Waals surface area contributed by atoms with Crippen LogP contribution in [0.2, 0.25) is 10.0 Å². The summed E-state index contributed by atoms with van der Waals surface area (Å²) in [7, 11) is 0. The SMILES string of the molecule is CC1(NCC(O)c2cc(Cl)ccc2Cl)CC1. The Kier molecular flexibility index (Phi) is 3.45. The number of rotatable bonds is 4. The van der Waals surface area contributed by atoms with Crippen LogP contribution in [0, 0.1) is 0 Å². The molecule has 2 nitrogen and oxygen atoms in total. The van der Waals surface area contributed by atoms with Crippen LogP contribution in [0.5, 0.6) is 0 Å². The molecule has 2 rings (SSSR count). The van der Waals surface area contributed by atoms with E-state index in [4.69, 9.17) is 23.2 Å². The van der Waals surface area contributed by atoms with Crippen molar-refractivity contribution in [1.29, 1.82) is 0 Å². The van der Waals surface area contributed by atoms with Gasteiger partial charge < -0.3 is 10.4 Å². The van der Waals surface area contributed by atoms with E-state index in [0.717, 1.165) is 0 Å². The summed E-state index contributed by atoms with van der Waals surface area (Å²) in [4.78, 5) is 0. The first-order chi connectivity index (χ1) is 7.50. The van der Waals surface area contributed by atoms with E-state index in [1.165, 1.54) is 12.8 Å². The topological polar surface area (TPSA) is 32.3 Å². The van der Waals surface area contributed by atoms with Gasteiger partial charge in [-0.2, -0.15) is 0 Å². The zero-order valence-corrected chi connectivity index (χ0v) is 10.6. The van der Waals surface area contributed by atoms with Crippen molar-refractivity contribution in [3.05, 3.63) is 33.8 Å². The highest BCUT2D eigenvalue weighted by Crippen LogP contribution is 2.35. The van der Waals surface area contributed by atoms with E-state index >= 15 is 0 Å². The second-order valence-electron chi connectivity index (χ2n) is 4.62. The molecule has 0 saturated heterocycles. The van der Waals surface area contributed by atoms with Crippen LogP contribution in [0.25, 0.3) is 0 Å². The van der Waals surface area contributed by atoms with E-state index in [1.807, 2.05) is 0 Å². The minimum Gasteiger partial charge on any atom is -0.387 e. The third-order valence-electron chi connectivity index (χ3n) is 3.04. The molecular weight excluding hydrogens is 245 g/mol. The summed E-state index contributed by atoms with van der Waals surface area (Å²) >= 11 is 11.9. The van der Waals surface area contributed by atoms with E-state index in [2.05, 4.69) is 12.2 Å². The lowest BCUT2D eigenvalue weighted by Crippen LogP contribution is -2.32. The summed E-state index contributed by atoms with van der Waals surface area (Å²) in [5, 5.41) is 14.5. The van der Waals surface area contributed by atoms with Crippen molar-refractivity contribution in [2.24, 2.45) is 0 Å². The molecule has 1 aromatic rings. The van der Waals surface area contributed by atoms with Gasteiger partial charge in [-0.25, -0.2) is 0 Å². The van der Waals surface area contributed by atoms with Crippen LogP contribution in [-0.2, 0) is 0 Å². The molecule has 2 N–H and O–H groups in total. The molecule has 1 atom stereocenters. The molecule has 4 heteroatoms. The fourth-order valence-corrected chi connectivity index (χ4v) is 2.01. The van der Waals surface area contributed by atoms with Crippen LogP contribution >= 0.6 is 23.2 Å². The van der Waals surface area contributed by atoms with E-state index in [9.17, 15) is 5.11 Å². The number of β-amino-alcohol motifs (C(OH)–C–C–N with tert-alkyl or cyclic N) is 1. The molecule has 0 spiro atoms. The van der Waals surface area contributed by atoms with Crippen molar-refractivity contribution >= 4 is 23.2 Å². The number of hydrogen-bond acceptors (Lipinski definition) is 2. The van der Waals surface area contributed by atoms with Crippen LogP contribution in [-0.4, -0.2) is 17.2 Å². The van der Waals surface area contributed by atoms with Gasteiger partial charge >= 0.3 is 0 Å². The predicted molar refractivity (Wildman–Crippen MR) is 67.1 cm³/mol. The lowest BCUT2D eigenvalue weighted by Gasteiger charge is -2.17. The molecule has 1 aliphatic rings. The minimum absolute atomic E-state index is 0.214. The van der Waals surface area contributed by atoms with Crippen molar-refractivity contribution in [1.82, 2.24) is 5.32 Å². The average Bonchev–Trinajstić information content (AvgIpc) is 2.97. The highest BCUT2D eigenvalue weighted by atomic mass is 35.5. The molecule has 0 heterocycles. The van der Waals surface area contributed by atoms with Gasteiger partial charge in [-0.3, -0.25) is 0 Å². The smallest absolute Gasteiger partial charge is 0.0929 e. The second-order valence-corrected chi connectivity index (χ2v) is 5.47. The highest BCUT2D eigenvalue weighted by molar-refractivity contribution is 6.33. The molecule has 88 valence electrons. The van der Waals surface area contributed by atoms with Crippen molar-refractivity contribution in [2.45, 2.75) is 31.4 Å². The van der Waals surface area contributed by atoms with Gasteiger partial charge in [-0.1, -0.05) is 23.2 Å². The molecule has 0 radical (unpaired) electrons. The standard InChI is InChI=1S/C12H15Cl2NO/c1-12(4-5-12)15-7-11(16)9-6-8(13)2-3-10(9)14/h2-3,6,11,15-16H,4-5,7H2,1H3. The third kappa shape index (κ3) is 2.89. The Morgan fingerprint density at radius 3 is 2.75 bits per heavy atom. The first kappa shape index (κ1) is 12.2. The van der Waals surface area contributed by atoms with Gasteiger partial charge in [0.1, 0.15) is 0 Å². The molecule has 1 aliphatic carbocycles. The van der Waals surface area contributed by atoms with E-state index < -0.39 is 6.10 Å². The Morgan fingerprint density at radius 1 is 1.44 bits per heavy atom. The summed E-state index contributed by atoms with van der Waals surface area (Å²) in [6.07, 6.45) is 1.73. The zero-order chi connectivity index (χ0) is 11.8. The molecule has 1 saturated carbocycles. The predicted octanol–water partition coefficient (Wildman–Crippen LogP) is 3.17. The second kappa shape index (κ2) is 4.53. The first-order valence-electron chi connectivity index (χ1n) is 5.38. The summed E-state index contributed by atoms with van der Waals surface area (Å²) in [5.41, 5.74) is 0.900. The van der Waals surface area contributed by atoms with Crippen LogP contribution in [0.3, 0.4) is 0 Å². The average molecular weight is 260 g/mol. The third-order valence-corrected chi connectivity index (χ3v) is 3.62. The summed E-state index contributed by atoms with van der Waals surface area (Å²) in [5.74, 6) is 0. The summed E-state index contributed by atoms with van der Waals surface area (Å²) < 4.78 is 0. The van der Waals surface area contributed by atoms with Crippen LogP contribution in [0.1, 0.15) is 31.4 Å². The highest BCUT2D eigenvalue weighted by Gasteiger charge is 2.36. The summed E-state index contributed by atoms with van der Waals surface area (Å²) in [6, 6.07) is 5.14. The maximum Gasteiger partial charge on any atom is 0.0929 e. The molecule has 16 heavy (non-hydrogen) atoms. The number of halogens is 2. The normalized spacial score (nSPS) is 19.5. The quantitative estimate of drug-likeness (QED) is 0.871. The van der Waals surface area contributed by atoms with Gasteiger partial charge in [0, 0.05) is 27.7 Å². The van der Waals surface area contributed by atoms with E-state index in [0.29, 0.717) is 22.2 Å². The maximum absolute atomic E-state index is 10.0. The van der Waals surface area contributed by atoms with Crippen molar-refractivity contribution < 1.29 is 5.11 Å². The molecule has 1 fully saturated rings. The minimum atomic E-state index is -0.608. The molecule has 0 aromatic heterocycles. The monoisotopic (exact) mass is 259 g/mol. The fourth-order valence-electron chi connectivity index (χ4n) is 1.59. The lowest BCUT2D eigenvalue weighted by atomic mass is 10.1. The van der Waals surface area contributed by atoms with Gasteiger partial charge in [-0.15, -0.1) is 0 Å². The number of aliphatic hydroxyl groups excluding tert-OH is 1. The summed E-state index contributed by atoms with van der Waals surface area (Å²) in [6.45, 7) is 2.66. The zero-order valence-electron chi connectivity index (χ0n) is 9.13. The van der Waals surface area contributed by atoms with Gasteiger partial charge in [-0.05, 0) is 38.0 Å². The Hall–Kier alpha value is -0.280. The largest absolute Gasteiger partial charge is 0.387 e. The molecule has 1 aromatic carbocycles. The Bertz CT molecular complexity index is 391. The van der Waals surface area contributed by atoms with Gasteiger partial charge in [0.25, 0.3) is 0 Å². The van der Waals surface area contributed by atoms with E-state index in [1.54, 1.807) is 18.2 Å². The Labute approximate surface area is 106 Å².